The summed E-state index contributed by atoms with van der Waals surface area (Å²) in [6.07, 6.45) is 0. The quantitative estimate of drug-likeness (QED) is 0.834. The van der Waals surface area contributed by atoms with Gasteiger partial charge in [0.2, 0.25) is 5.91 Å². The van der Waals surface area contributed by atoms with E-state index in [1.807, 2.05) is 32.0 Å². The third kappa shape index (κ3) is 4.91. The van der Waals surface area contributed by atoms with Gasteiger partial charge < -0.3 is 15.2 Å². The summed E-state index contributed by atoms with van der Waals surface area (Å²) >= 11 is 0. The van der Waals surface area contributed by atoms with Crippen LogP contribution in [0.4, 0.5) is 0 Å². The molecule has 0 saturated heterocycles. The van der Waals surface area contributed by atoms with Gasteiger partial charge in [0, 0.05) is 0 Å². The SMILES string of the molecule is Cc1cc(C)cc(OCC(C)(C)C(=O)NCC(=O)O)c1. The number of amides is 1. The van der Waals surface area contributed by atoms with Crippen LogP contribution in [-0.4, -0.2) is 30.1 Å². The summed E-state index contributed by atoms with van der Waals surface area (Å²) in [5, 5.41) is 10.9. The Bertz CT molecular complexity index is 488. The maximum Gasteiger partial charge on any atom is 0.322 e. The van der Waals surface area contributed by atoms with Gasteiger partial charge in [-0.2, -0.15) is 0 Å². The first kappa shape index (κ1) is 16.0. The highest BCUT2D eigenvalue weighted by atomic mass is 16.5. The first-order valence-electron chi connectivity index (χ1n) is 6.42. The van der Waals surface area contributed by atoms with Gasteiger partial charge in [-0.25, -0.2) is 0 Å². The molecule has 0 heterocycles. The molecule has 1 amide bonds. The molecule has 0 aliphatic heterocycles. The van der Waals surface area contributed by atoms with Crippen molar-refractivity contribution in [3.63, 3.8) is 0 Å². The fourth-order valence-corrected chi connectivity index (χ4v) is 1.74. The van der Waals surface area contributed by atoms with E-state index in [1.54, 1.807) is 13.8 Å². The topological polar surface area (TPSA) is 75.6 Å². The number of hydrogen-bond donors (Lipinski definition) is 2. The maximum absolute atomic E-state index is 11.9. The Morgan fingerprint density at radius 3 is 2.25 bits per heavy atom. The van der Waals surface area contributed by atoms with Crippen LogP contribution < -0.4 is 10.1 Å². The predicted octanol–water partition coefficient (Wildman–Crippen LogP) is 1.91. The summed E-state index contributed by atoms with van der Waals surface area (Å²) in [4.78, 5) is 22.3. The lowest BCUT2D eigenvalue weighted by molar-refractivity contribution is -0.140. The lowest BCUT2D eigenvalue weighted by Gasteiger charge is -2.23. The molecule has 0 unspecified atom stereocenters. The number of carboxylic acids is 1. The number of ether oxygens (including phenoxy) is 1. The summed E-state index contributed by atoms with van der Waals surface area (Å²) < 4.78 is 5.65. The number of benzene rings is 1. The molecule has 0 saturated carbocycles. The highest BCUT2D eigenvalue weighted by Crippen LogP contribution is 2.21. The molecule has 0 aliphatic carbocycles. The Hall–Kier alpha value is -2.04. The lowest BCUT2D eigenvalue weighted by atomic mass is 9.93. The molecule has 0 spiro atoms. The second-order valence-corrected chi connectivity index (χ2v) is 5.57. The normalized spacial score (nSPS) is 11.0. The minimum absolute atomic E-state index is 0.182. The van der Waals surface area contributed by atoms with Crippen molar-refractivity contribution in [3.8, 4) is 5.75 Å². The van der Waals surface area contributed by atoms with E-state index in [-0.39, 0.29) is 19.1 Å². The first-order chi connectivity index (χ1) is 9.20. The second kappa shape index (κ2) is 6.41. The molecule has 0 radical (unpaired) electrons. The molecule has 5 heteroatoms. The van der Waals surface area contributed by atoms with E-state index in [0.717, 1.165) is 11.1 Å². The molecule has 0 bridgehead atoms. The molecule has 2 N–H and O–H groups in total. The molecule has 1 rings (SSSR count). The van der Waals surface area contributed by atoms with Crippen molar-refractivity contribution in [2.45, 2.75) is 27.7 Å². The summed E-state index contributed by atoms with van der Waals surface area (Å²) in [5.41, 5.74) is 1.38. The summed E-state index contributed by atoms with van der Waals surface area (Å²) in [6, 6.07) is 5.84. The Balaban J connectivity index is 2.62. The fraction of sp³-hybridized carbons (Fsp3) is 0.467. The van der Waals surface area contributed by atoms with E-state index >= 15 is 0 Å². The standard InChI is InChI=1S/C15H21NO4/c1-10-5-11(2)7-12(6-10)20-9-15(3,4)14(19)16-8-13(17)18/h5-7H,8-9H2,1-4H3,(H,16,19)(H,17,18). The molecule has 1 aromatic carbocycles. The van der Waals surface area contributed by atoms with Crippen molar-refractivity contribution in [2.24, 2.45) is 5.41 Å². The summed E-state index contributed by atoms with van der Waals surface area (Å²) in [5.74, 6) is -0.699. The third-order valence-electron chi connectivity index (χ3n) is 2.81. The minimum atomic E-state index is -1.07. The molecule has 5 nitrogen and oxygen atoms in total. The molecule has 0 fully saturated rings. The van der Waals surface area contributed by atoms with Gasteiger partial charge in [0.25, 0.3) is 0 Å². The lowest BCUT2D eigenvalue weighted by Crippen LogP contribution is -2.42. The van der Waals surface area contributed by atoms with Crippen LogP contribution in [0.3, 0.4) is 0 Å². The Kier molecular flexibility index (Phi) is 5.13. The van der Waals surface area contributed by atoms with Crippen LogP contribution in [-0.2, 0) is 9.59 Å². The summed E-state index contributed by atoms with van der Waals surface area (Å²) in [7, 11) is 0. The van der Waals surface area contributed by atoms with Crippen LogP contribution in [0.2, 0.25) is 0 Å². The smallest absolute Gasteiger partial charge is 0.322 e. The number of nitrogens with one attached hydrogen (secondary N) is 1. The van der Waals surface area contributed by atoms with Crippen LogP contribution >= 0.6 is 0 Å². The Morgan fingerprint density at radius 1 is 1.20 bits per heavy atom. The predicted molar refractivity (Wildman–Crippen MR) is 75.8 cm³/mol. The number of rotatable bonds is 6. The van der Waals surface area contributed by atoms with Gasteiger partial charge >= 0.3 is 5.97 Å². The van der Waals surface area contributed by atoms with Gasteiger partial charge in [-0.15, -0.1) is 0 Å². The van der Waals surface area contributed by atoms with Gasteiger partial charge in [0.1, 0.15) is 18.9 Å². The van der Waals surface area contributed by atoms with E-state index in [2.05, 4.69) is 5.32 Å². The molecule has 110 valence electrons. The zero-order chi connectivity index (χ0) is 15.3. The molecular weight excluding hydrogens is 258 g/mol. The summed E-state index contributed by atoms with van der Waals surface area (Å²) in [6.45, 7) is 7.18. The van der Waals surface area contributed by atoms with Crippen molar-refractivity contribution in [1.29, 1.82) is 0 Å². The number of hydrogen-bond acceptors (Lipinski definition) is 3. The van der Waals surface area contributed by atoms with E-state index < -0.39 is 11.4 Å². The number of aryl methyl sites for hydroxylation is 2. The Morgan fingerprint density at radius 2 is 1.75 bits per heavy atom. The largest absolute Gasteiger partial charge is 0.492 e. The van der Waals surface area contributed by atoms with Gasteiger partial charge in [-0.3, -0.25) is 9.59 Å². The highest BCUT2D eigenvalue weighted by Gasteiger charge is 2.28. The van der Waals surface area contributed by atoms with Crippen LogP contribution in [0.15, 0.2) is 18.2 Å². The van der Waals surface area contributed by atoms with Crippen molar-refractivity contribution in [3.05, 3.63) is 29.3 Å². The molecular formula is C15H21NO4. The van der Waals surface area contributed by atoms with Crippen LogP contribution in [0.25, 0.3) is 0 Å². The number of aliphatic carboxylic acids is 1. The van der Waals surface area contributed by atoms with Gasteiger partial charge in [0.05, 0.1) is 5.41 Å². The molecule has 0 aromatic heterocycles. The average molecular weight is 279 g/mol. The Labute approximate surface area is 118 Å². The van der Waals surface area contributed by atoms with Crippen LogP contribution in [0.5, 0.6) is 5.75 Å². The first-order valence-corrected chi connectivity index (χ1v) is 6.42. The van der Waals surface area contributed by atoms with E-state index in [4.69, 9.17) is 9.84 Å². The number of carboxylic acid groups (broad SMARTS) is 1. The van der Waals surface area contributed by atoms with Gasteiger partial charge in [-0.1, -0.05) is 6.07 Å². The van der Waals surface area contributed by atoms with Crippen molar-refractivity contribution >= 4 is 11.9 Å². The minimum Gasteiger partial charge on any atom is -0.492 e. The molecule has 20 heavy (non-hydrogen) atoms. The van der Waals surface area contributed by atoms with E-state index in [0.29, 0.717) is 5.75 Å². The molecule has 0 aliphatic rings. The maximum atomic E-state index is 11.9. The zero-order valence-corrected chi connectivity index (χ0v) is 12.3. The number of carbonyl (C=O) groups excluding carboxylic acids is 1. The van der Waals surface area contributed by atoms with Crippen molar-refractivity contribution in [1.82, 2.24) is 5.32 Å². The number of carbonyl (C=O) groups is 2. The zero-order valence-electron chi connectivity index (χ0n) is 12.3. The second-order valence-electron chi connectivity index (χ2n) is 5.57. The van der Waals surface area contributed by atoms with E-state index in [9.17, 15) is 9.59 Å². The van der Waals surface area contributed by atoms with Crippen LogP contribution in [0, 0.1) is 19.3 Å². The van der Waals surface area contributed by atoms with Crippen molar-refractivity contribution < 1.29 is 19.4 Å². The average Bonchev–Trinajstić information content (AvgIpc) is 2.32. The fourth-order valence-electron chi connectivity index (χ4n) is 1.74. The van der Waals surface area contributed by atoms with Crippen molar-refractivity contribution in [2.75, 3.05) is 13.2 Å². The third-order valence-corrected chi connectivity index (χ3v) is 2.81. The van der Waals surface area contributed by atoms with Gasteiger partial charge in [-0.05, 0) is 51.0 Å². The molecule has 0 atom stereocenters. The van der Waals surface area contributed by atoms with Gasteiger partial charge in [0.15, 0.2) is 0 Å². The van der Waals surface area contributed by atoms with E-state index in [1.165, 1.54) is 0 Å². The highest BCUT2D eigenvalue weighted by molar-refractivity contribution is 5.85. The molecule has 1 aromatic rings. The van der Waals surface area contributed by atoms with Crippen LogP contribution in [0.1, 0.15) is 25.0 Å². The monoisotopic (exact) mass is 279 g/mol.